The molecule has 0 N–H and O–H groups in total. The lowest BCUT2D eigenvalue weighted by Gasteiger charge is -2.23. The van der Waals surface area contributed by atoms with Crippen LogP contribution in [0.25, 0.3) is 23.1 Å². The molecule has 1 aromatic heterocycles. The largest absolute Gasteiger partial charge is 0.248 e. The monoisotopic (exact) mass is 439 g/mol. The molecule has 0 aliphatic carbocycles. The minimum absolute atomic E-state index is 0.184. The summed E-state index contributed by atoms with van der Waals surface area (Å²) in [6.45, 7) is 6.88. The first-order valence-corrected chi connectivity index (χ1v) is 11.7. The lowest BCUT2D eigenvalue weighted by Crippen LogP contribution is -2.14. The van der Waals surface area contributed by atoms with Crippen molar-refractivity contribution in [2.45, 2.75) is 45.4 Å². The normalized spacial score (nSPS) is 12.0. The lowest BCUT2D eigenvalue weighted by molar-refractivity contribution is 0.580. The van der Waals surface area contributed by atoms with Gasteiger partial charge in [-0.3, -0.25) is 0 Å². The summed E-state index contributed by atoms with van der Waals surface area (Å²) >= 11 is 6.11. The van der Waals surface area contributed by atoms with E-state index in [0.29, 0.717) is 5.02 Å². The Bertz CT molecular complexity index is 1250. The first-order valence-electron chi connectivity index (χ1n) is 11.3. The molecule has 1 nitrogen and oxygen atoms in total. The van der Waals surface area contributed by atoms with Crippen LogP contribution in [0, 0.1) is 0 Å². The first kappa shape index (κ1) is 22.3. The summed E-state index contributed by atoms with van der Waals surface area (Å²) in [7, 11) is 0. The summed E-state index contributed by atoms with van der Waals surface area (Å²) in [5.41, 5.74) is 7.54. The van der Waals surface area contributed by atoms with Crippen molar-refractivity contribution in [1.82, 2.24) is 4.98 Å². The fourth-order valence-corrected chi connectivity index (χ4v) is 4.35. The van der Waals surface area contributed by atoms with E-state index in [0.717, 1.165) is 35.9 Å². The van der Waals surface area contributed by atoms with Gasteiger partial charge in [0.15, 0.2) is 0 Å². The zero-order chi connectivity index (χ0) is 22.6. The topological polar surface area (TPSA) is 12.9 Å². The third-order valence-electron chi connectivity index (χ3n) is 5.81. The quantitative estimate of drug-likeness (QED) is 0.293. The van der Waals surface area contributed by atoms with E-state index in [2.05, 4.69) is 87.5 Å². The molecule has 1 heterocycles. The van der Waals surface area contributed by atoms with Crippen LogP contribution in [0.1, 0.15) is 55.1 Å². The van der Waals surface area contributed by atoms with Gasteiger partial charge in [0, 0.05) is 10.4 Å². The smallest absolute Gasteiger partial charge is 0.0724 e. The highest BCUT2D eigenvalue weighted by Gasteiger charge is 2.16. The molecule has 0 spiro atoms. The zero-order valence-electron chi connectivity index (χ0n) is 19.1. The van der Waals surface area contributed by atoms with Crippen molar-refractivity contribution in [3.8, 4) is 0 Å². The van der Waals surface area contributed by atoms with Crippen molar-refractivity contribution < 1.29 is 0 Å². The van der Waals surface area contributed by atoms with Gasteiger partial charge in [-0.1, -0.05) is 99.1 Å². The second-order valence-electron chi connectivity index (χ2n) is 9.41. The molecule has 4 aromatic rings. The van der Waals surface area contributed by atoms with Crippen LogP contribution < -0.4 is 0 Å². The van der Waals surface area contributed by atoms with Crippen molar-refractivity contribution in [1.29, 1.82) is 0 Å². The number of halogens is 1. The Labute approximate surface area is 196 Å². The predicted molar refractivity (Wildman–Crippen MR) is 139 cm³/mol. The van der Waals surface area contributed by atoms with Gasteiger partial charge in [-0.05, 0) is 71.2 Å². The maximum Gasteiger partial charge on any atom is 0.0724 e. The number of rotatable bonds is 6. The van der Waals surface area contributed by atoms with Gasteiger partial charge >= 0.3 is 0 Å². The van der Waals surface area contributed by atoms with Gasteiger partial charge < -0.3 is 0 Å². The van der Waals surface area contributed by atoms with Crippen LogP contribution in [0.2, 0.25) is 5.02 Å². The highest BCUT2D eigenvalue weighted by Crippen LogP contribution is 2.27. The molecule has 4 rings (SSSR count). The van der Waals surface area contributed by atoms with Gasteiger partial charge in [0.2, 0.25) is 0 Å². The standard InChI is InChI=1S/C30H30ClN/c1-30(2,3)28-13-5-4-11-24(28)12-7-10-22-8-6-9-23(20-22)14-18-27-19-16-25-15-17-26(31)21-29(25)32-27/h4-6,8-9,11,13-21H,7,10,12H2,1-3H3/b18-14+. The number of benzene rings is 3. The van der Waals surface area contributed by atoms with E-state index in [4.69, 9.17) is 16.6 Å². The summed E-state index contributed by atoms with van der Waals surface area (Å²) in [6, 6.07) is 27.6. The molecule has 0 aliphatic rings. The average Bonchev–Trinajstić information content (AvgIpc) is 2.77. The molecule has 0 radical (unpaired) electrons. The number of nitrogens with zero attached hydrogens (tertiary/aromatic N) is 1. The average molecular weight is 440 g/mol. The molecule has 0 fully saturated rings. The summed E-state index contributed by atoms with van der Waals surface area (Å²) in [4.78, 5) is 4.71. The molecule has 3 aromatic carbocycles. The summed E-state index contributed by atoms with van der Waals surface area (Å²) in [6.07, 6.45) is 7.54. The third kappa shape index (κ3) is 5.66. The Morgan fingerprint density at radius 2 is 1.62 bits per heavy atom. The van der Waals surface area contributed by atoms with Gasteiger partial charge in [-0.2, -0.15) is 0 Å². The molecule has 0 unspecified atom stereocenters. The Morgan fingerprint density at radius 3 is 2.47 bits per heavy atom. The fourth-order valence-electron chi connectivity index (χ4n) is 4.19. The van der Waals surface area contributed by atoms with Crippen LogP contribution in [-0.4, -0.2) is 4.98 Å². The van der Waals surface area contributed by atoms with Crippen molar-refractivity contribution in [3.05, 3.63) is 112 Å². The molecule has 2 heteroatoms. The number of aromatic nitrogens is 1. The van der Waals surface area contributed by atoms with Crippen molar-refractivity contribution in [3.63, 3.8) is 0 Å². The number of fused-ring (bicyclic) bond motifs is 1. The van der Waals surface area contributed by atoms with E-state index in [1.54, 1.807) is 0 Å². The Morgan fingerprint density at radius 1 is 0.812 bits per heavy atom. The van der Waals surface area contributed by atoms with Gasteiger partial charge in [0.05, 0.1) is 11.2 Å². The predicted octanol–water partition coefficient (Wildman–Crippen LogP) is 8.53. The zero-order valence-corrected chi connectivity index (χ0v) is 19.9. The number of pyridine rings is 1. The summed E-state index contributed by atoms with van der Waals surface area (Å²) < 4.78 is 0. The van der Waals surface area contributed by atoms with Crippen LogP contribution >= 0.6 is 11.6 Å². The number of aryl methyl sites for hydroxylation is 2. The second kappa shape index (κ2) is 9.71. The summed E-state index contributed by atoms with van der Waals surface area (Å²) in [5.74, 6) is 0. The number of hydrogen-bond acceptors (Lipinski definition) is 1. The molecular weight excluding hydrogens is 410 g/mol. The molecule has 0 bridgehead atoms. The molecule has 0 saturated heterocycles. The molecule has 32 heavy (non-hydrogen) atoms. The van der Waals surface area contributed by atoms with Crippen LogP contribution in [-0.2, 0) is 18.3 Å². The Kier molecular flexibility index (Phi) is 6.77. The van der Waals surface area contributed by atoms with Gasteiger partial charge in [-0.15, -0.1) is 0 Å². The molecular formula is C30H30ClN. The minimum Gasteiger partial charge on any atom is -0.248 e. The maximum absolute atomic E-state index is 6.11. The van der Waals surface area contributed by atoms with E-state index in [1.165, 1.54) is 22.3 Å². The third-order valence-corrected chi connectivity index (χ3v) is 6.05. The lowest BCUT2D eigenvalue weighted by atomic mass is 9.82. The fraction of sp³-hybridized carbons (Fsp3) is 0.233. The summed E-state index contributed by atoms with van der Waals surface area (Å²) in [5, 5.41) is 1.81. The van der Waals surface area contributed by atoms with Gasteiger partial charge in [0.25, 0.3) is 0 Å². The number of hydrogen-bond donors (Lipinski definition) is 0. The second-order valence-corrected chi connectivity index (χ2v) is 9.85. The Balaban J connectivity index is 1.42. The Hall–Kier alpha value is -2.90. The SMILES string of the molecule is CC(C)(C)c1ccccc1CCCc1cccc(/C=C/c2ccc3ccc(Cl)cc3n2)c1. The van der Waals surface area contributed by atoms with Gasteiger partial charge in [-0.25, -0.2) is 4.98 Å². The van der Waals surface area contributed by atoms with Crippen LogP contribution in [0.4, 0.5) is 0 Å². The van der Waals surface area contributed by atoms with Crippen LogP contribution in [0.5, 0.6) is 0 Å². The van der Waals surface area contributed by atoms with Gasteiger partial charge in [0.1, 0.15) is 0 Å². The molecule has 0 atom stereocenters. The van der Waals surface area contributed by atoms with Crippen molar-refractivity contribution >= 4 is 34.7 Å². The van der Waals surface area contributed by atoms with E-state index < -0.39 is 0 Å². The van der Waals surface area contributed by atoms with E-state index >= 15 is 0 Å². The molecule has 0 amide bonds. The highest BCUT2D eigenvalue weighted by molar-refractivity contribution is 6.31. The van der Waals surface area contributed by atoms with Crippen LogP contribution in [0.15, 0.2) is 78.9 Å². The maximum atomic E-state index is 6.11. The van der Waals surface area contributed by atoms with E-state index in [-0.39, 0.29) is 5.41 Å². The molecule has 0 aliphatic heterocycles. The molecule has 0 saturated carbocycles. The first-order chi connectivity index (χ1) is 15.4. The van der Waals surface area contributed by atoms with Crippen molar-refractivity contribution in [2.24, 2.45) is 0 Å². The van der Waals surface area contributed by atoms with E-state index in [9.17, 15) is 0 Å². The highest BCUT2D eigenvalue weighted by atomic mass is 35.5. The molecule has 162 valence electrons. The van der Waals surface area contributed by atoms with E-state index in [1.807, 2.05) is 24.3 Å². The van der Waals surface area contributed by atoms with Crippen molar-refractivity contribution in [2.75, 3.05) is 0 Å². The van der Waals surface area contributed by atoms with Crippen LogP contribution in [0.3, 0.4) is 0 Å². The minimum atomic E-state index is 0.184.